The number of hydrogen-bond donors (Lipinski definition) is 2. The molecule has 7 heteroatoms. The fraction of sp³-hybridized carbons (Fsp3) is 0.250. The van der Waals surface area contributed by atoms with Crippen molar-refractivity contribution in [3.63, 3.8) is 0 Å². The summed E-state index contributed by atoms with van der Waals surface area (Å²) in [5.74, 6) is -0.207. The fourth-order valence-electron chi connectivity index (χ4n) is 1.50. The number of nitrogens with zero attached hydrogens (tertiary/aromatic N) is 2. The van der Waals surface area contributed by atoms with Gasteiger partial charge in [0, 0.05) is 16.8 Å². The second-order valence-electron chi connectivity index (χ2n) is 4.09. The minimum absolute atomic E-state index is 0.0784. The Morgan fingerprint density at radius 1 is 1.47 bits per heavy atom. The molecular weight excluding hydrogens is 251 g/mol. The predicted octanol–water partition coefficient (Wildman–Crippen LogP) is 1.34. The third-order valence-corrected chi connectivity index (χ3v) is 2.62. The van der Waals surface area contributed by atoms with E-state index in [-0.39, 0.29) is 23.7 Å². The summed E-state index contributed by atoms with van der Waals surface area (Å²) in [4.78, 5) is 15.8. The smallest absolute Gasteiger partial charge is 0.251 e. The van der Waals surface area contributed by atoms with Crippen LogP contribution in [0.1, 0.15) is 27.6 Å². The van der Waals surface area contributed by atoms with E-state index >= 15 is 0 Å². The maximum absolute atomic E-state index is 13.5. The summed E-state index contributed by atoms with van der Waals surface area (Å²) in [6.45, 7) is 3.30. The summed E-state index contributed by atoms with van der Waals surface area (Å²) in [7, 11) is 0. The van der Waals surface area contributed by atoms with Gasteiger partial charge < -0.3 is 15.6 Å². The van der Waals surface area contributed by atoms with Crippen LogP contribution in [0.2, 0.25) is 0 Å². The summed E-state index contributed by atoms with van der Waals surface area (Å²) >= 11 is 0. The van der Waals surface area contributed by atoms with Crippen molar-refractivity contribution >= 4 is 11.6 Å². The Morgan fingerprint density at radius 2 is 2.21 bits per heavy atom. The highest BCUT2D eigenvalue weighted by Crippen LogP contribution is 2.17. The van der Waals surface area contributed by atoms with Crippen LogP contribution in [0.15, 0.2) is 16.7 Å². The van der Waals surface area contributed by atoms with Crippen molar-refractivity contribution in [1.82, 2.24) is 15.5 Å². The molecule has 100 valence electrons. The van der Waals surface area contributed by atoms with E-state index in [2.05, 4.69) is 15.5 Å². The van der Waals surface area contributed by atoms with Crippen LogP contribution in [0.4, 0.5) is 10.1 Å². The van der Waals surface area contributed by atoms with Gasteiger partial charge in [-0.3, -0.25) is 4.79 Å². The largest absolute Gasteiger partial charge is 0.398 e. The third kappa shape index (κ3) is 2.87. The van der Waals surface area contributed by atoms with Crippen LogP contribution < -0.4 is 11.1 Å². The van der Waals surface area contributed by atoms with Crippen molar-refractivity contribution in [2.24, 2.45) is 0 Å². The number of benzene rings is 1. The minimum atomic E-state index is -0.515. The number of anilines is 1. The molecule has 3 N–H and O–H groups in total. The first-order chi connectivity index (χ1) is 8.97. The maximum atomic E-state index is 13.5. The topological polar surface area (TPSA) is 94.0 Å². The number of aromatic nitrogens is 2. The van der Waals surface area contributed by atoms with Gasteiger partial charge in [-0.2, -0.15) is 4.98 Å². The summed E-state index contributed by atoms with van der Waals surface area (Å²) in [5.41, 5.74) is 6.32. The first-order valence-corrected chi connectivity index (χ1v) is 5.60. The molecule has 0 bridgehead atoms. The van der Waals surface area contributed by atoms with E-state index in [0.717, 1.165) is 6.07 Å². The lowest BCUT2D eigenvalue weighted by Gasteiger charge is -2.06. The van der Waals surface area contributed by atoms with E-state index < -0.39 is 11.7 Å². The molecule has 0 aliphatic heterocycles. The summed E-state index contributed by atoms with van der Waals surface area (Å²) < 4.78 is 18.3. The molecule has 1 aromatic heterocycles. The first kappa shape index (κ1) is 13.0. The van der Waals surface area contributed by atoms with Gasteiger partial charge >= 0.3 is 0 Å². The quantitative estimate of drug-likeness (QED) is 0.816. The zero-order valence-electron chi connectivity index (χ0n) is 10.5. The monoisotopic (exact) mass is 264 g/mol. The number of nitrogens with two attached hydrogens (primary N) is 1. The maximum Gasteiger partial charge on any atom is 0.251 e. The molecule has 2 rings (SSSR count). The highest BCUT2D eigenvalue weighted by Gasteiger charge is 2.12. The van der Waals surface area contributed by atoms with Crippen LogP contribution in [-0.4, -0.2) is 16.0 Å². The van der Waals surface area contributed by atoms with E-state index in [0.29, 0.717) is 11.4 Å². The number of aryl methyl sites for hydroxylation is 1. The molecule has 0 saturated carbocycles. The molecule has 0 unspecified atom stereocenters. The predicted molar refractivity (Wildman–Crippen MR) is 65.8 cm³/mol. The second kappa shape index (κ2) is 5.05. The molecule has 6 nitrogen and oxygen atoms in total. The van der Waals surface area contributed by atoms with Crippen LogP contribution in [0.3, 0.4) is 0 Å². The van der Waals surface area contributed by atoms with Crippen LogP contribution >= 0.6 is 0 Å². The molecule has 0 aliphatic carbocycles. The molecule has 1 aromatic carbocycles. The molecular formula is C12H13FN4O2. The van der Waals surface area contributed by atoms with Gasteiger partial charge in [-0.05, 0) is 26.0 Å². The van der Waals surface area contributed by atoms with E-state index in [1.807, 2.05) is 0 Å². The van der Waals surface area contributed by atoms with Crippen LogP contribution in [0.5, 0.6) is 0 Å². The van der Waals surface area contributed by atoms with Crippen molar-refractivity contribution in [3.8, 4) is 0 Å². The number of nitrogens with one attached hydrogen (secondary N) is 1. The molecule has 0 radical (unpaired) electrons. The normalized spacial score (nSPS) is 10.5. The number of rotatable bonds is 3. The van der Waals surface area contributed by atoms with Gasteiger partial charge in [0.05, 0.1) is 6.54 Å². The van der Waals surface area contributed by atoms with Crippen molar-refractivity contribution < 1.29 is 13.7 Å². The summed E-state index contributed by atoms with van der Waals surface area (Å²) in [5, 5.41) is 6.13. The molecule has 0 saturated heterocycles. The van der Waals surface area contributed by atoms with Gasteiger partial charge in [-0.1, -0.05) is 5.16 Å². The molecule has 1 heterocycles. The lowest BCUT2D eigenvalue weighted by molar-refractivity contribution is 0.0946. The minimum Gasteiger partial charge on any atom is -0.398 e. The van der Waals surface area contributed by atoms with Crippen molar-refractivity contribution in [3.05, 3.63) is 40.8 Å². The number of carbonyl (C=O) groups is 1. The van der Waals surface area contributed by atoms with E-state index in [1.54, 1.807) is 13.8 Å². The Labute approximate surface area is 108 Å². The Morgan fingerprint density at radius 3 is 2.79 bits per heavy atom. The van der Waals surface area contributed by atoms with Crippen LogP contribution in [0, 0.1) is 19.7 Å². The Bertz CT molecular complexity index is 601. The van der Waals surface area contributed by atoms with Gasteiger partial charge in [0.25, 0.3) is 5.91 Å². The molecule has 19 heavy (non-hydrogen) atoms. The number of nitrogen functional groups attached to an aromatic ring is 1. The first-order valence-electron chi connectivity index (χ1n) is 5.60. The van der Waals surface area contributed by atoms with Gasteiger partial charge in [-0.15, -0.1) is 0 Å². The van der Waals surface area contributed by atoms with E-state index in [9.17, 15) is 9.18 Å². The summed E-state index contributed by atoms with van der Waals surface area (Å²) in [6.07, 6.45) is 0. The highest BCUT2D eigenvalue weighted by atomic mass is 19.1. The van der Waals surface area contributed by atoms with Crippen molar-refractivity contribution in [2.75, 3.05) is 5.73 Å². The van der Waals surface area contributed by atoms with Crippen molar-refractivity contribution in [1.29, 1.82) is 0 Å². The number of amides is 1. The third-order valence-electron chi connectivity index (χ3n) is 2.62. The van der Waals surface area contributed by atoms with Crippen LogP contribution in [-0.2, 0) is 6.54 Å². The number of carbonyl (C=O) groups excluding carboxylic acids is 1. The second-order valence-corrected chi connectivity index (χ2v) is 4.09. The molecule has 2 aromatic rings. The molecule has 0 aliphatic rings. The SMILES string of the molecule is Cc1noc(CNC(=O)c2cc(N)c(C)c(F)c2)n1. The lowest BCUT2D eigenvalue weighted by atomic mass is 10.1. The van der Waals surface area contributed by atoms with Gasteiger partial charge in [0.15, 0.2) is 5.82 Å². The van der Waals surface area contributed by atoms with Gasteiger partial charge in [-0.25, -0.2) is 4.39 Å². The zero-order chi connectivity index (χ0) is 14.0. The zero-order valence-corrected chi connectivity index (χ0v) is 10.5. The van der Waals surface area contributed by atoms with E-state index in [4.69, 9.17) is 10.3 Å². The highest BCUT2D eigenvalue weighted by molar-refractivity contribution is 5.95. The average molecular weight is 264 g/mol. The summed E-state index contributed by atoms with van der Waals surface area (Å²) in [6, 6.07) is 2.56. The van der Waals surface area contributed by atoms with Gasteiger partial charge in [0.2, 0.25) is 5.89 Å². The average Bonchev–Trinajstić information content (AvgIpc) is 2.78. The number of hydrogen-bond acceptors (Lipinski definition) is 5. The molecule has 0 spiro atoms. The van der Waals surface area contributed by atoms with Crippen molar-refractivity contribution in [2.45, 2.75) is 20.4 Å². The standard InChI is InChI=1S/C12H13FN4O2/c1-6-9(13)3-8(4-10(6)14)12(18)15-5-11-16-7(2)17-19-11/h3-4H,5,14H2,1-2H3,(H,15,18). The van der Waals surface area contributed by atoms with Crippen LogP contribution in [0.25, 0.3) is 0 Å². The lowest BCUT2D eigenvalue weighted by Crippen LogP contribution is -2.23. The van der Waals surface area contributed by atoms with E-state index in [1.165, 1.54) is 6.07 Å². The Hall–Kier alpha value is -2.44. The van der Waals surface area contributed by atoms with Gasteiger partial charge in [0.1, 0.15) is 5.82 Å². The molecule has 1 amide bonds. The molecule has 0 fully saturated rings. The fourth-order valence-corrected chi connectivity index (χ4v) is 1.50. The number of halogens is 1. The Balaban J connectivity index is 2.08. The molecule has 0 atom stereocenters. The Kier molecular flexibility index (Phi) is 3.46.